The fourth-order valence-electron chi connectivity index (χ4n) is 1.74. The van der Waals surface area contributed by atoms with Crippen LogP contribution in [0.2, 0.25) is 0 Å². The Bertz CT molecular complexity index is 461. The Labute approximate surface area is 120 Å². The summed E-state index contributed by atoms with van der Waals surface area (Å²) in [5, 5.41) is -1.21. The van der Waals surface area contributed by atoms with Crippen molar-refractivity contribution in [3.8, 4) is 5.75 Å². The number of rotatable bonds is 5. The van der Waals surface area contributed by atoms with Gasteiger partial charge in [0.2, 0.25) is 5.91 Å². The number of alkyl halides is 4. The van der Waals surface area contributed by atoms with Crippen LogP contribution in [0.3, 0.4) is 0 Å². The van der Waals surface area contributed by atoms with Gasteiger partial charge in [0.25, 0.3) is 0 Å². The summed E-state index contributed by atoms with van der Waals surface area (Å²) >= 11 is 6.00. The number of likely N-dealkylation sites (N-methyl/N-ethyl adjacent to an activating group) is 1. The predicted octanol–water partition coefficient (Wildman–Crippen LogP) is 3.73. The van der Waals surface area contributed by atoms with Gasteiger partial charge in [-0.2, -0.15) is 0 Å². The van der Waals surface area contributed by atoms with Crippen LogP contribution < -0.4 is 4.74 Å². The van der Waals surface area contributed by atoms with Gasteiger partial charge in [0.1, 0.15) is 11.1 Å². The lowest BCUT2D eigenvalue weighted by Crippen LogP contribution is -2.33. The van der Waals surface area contributed by atoms with Crippen LogP contribution in [0.15, 0.2) is 24.3 Å². The van der Waals surface area contributed by atoms with Crippen molar-refractivity contribution in [2.45, 2.75) is 25.6 Å². The average Bonchev–Trinajstić information content (AvgIpc) is 2.38. The number of para-hydroxylation sites is 1. The molecule has 0 radical (unpaired) electrons. The molecule has 1 atom stereocenters. The largest absolute Gasteiger partial charge is 0.573 e. The molecule has 0 aliphatic heterocycles. The van der Waals surface area contributed by atoms with E-state index >= 15 is 0 Å². The minimum absolute atomic E-state index is 0.00314. The molecule has 0 bridgehead atoms. The van der Waals surface area contributed by atoms with Gasteiger partial charge in [0, 0.05) is 18.7 Å². The van der Waals surface area contributed by atoms with Gasteiger partial charge < -0.3 is 9.64 Å². The van der Waals surface area contributed by atoms with Crippen LogP contribution >= 0.6 is 11.6 Å². The summed E-state index contributed by atoms with van der Waals surface area (Å²) in [4.78, 5) is 13.5. The summed E-state index contributed by atoms with van der Waals surface area (Å²) < 4.78 is 40.8. The highest BCUT2D eigenvalue weighted by molar-refractivity contribution is 6.31. The Kier molecular flexibility index (Phi) is 5.68. The number of nitrogens with zero attached hydrogens (tertiary/aromatic N) is 1. The molecule has 1 unspecified atom stereocenters. The number of carbonyl (C=O) groups excluding carboxylic acids is 1. The molecule has 0 aliphatic carbocycles. The number of halogens is 4. The zero-order valence-electron chi connectivity index (χ0n) is 11.1. The monoisotopic (exact) mass is 309 g/mol. The molecule has 0 aromatic heterocycles. The van der Waals surface area contributed by atoms with Crippen molar-refractivity contribution in [2.75, 3.05) is 13.1 Å². The van der Waals surface area contributed by atoms with Crippen LogP contribution in [0, 0.1) is 0 Å². The first kappa shape index (κ1) is 16.6. The number of ether oxygens (including phenoxy) is 1. The van der Waals surface area contributed by atoms with Crippen molar-refractivity contribution in [1.29, 1.82) is 0 Å². The van der Waals surface area contributed by atoms with Crippen molar-refractivity contribution >= 4 is 17.5 Å². The molecule has 0 fully saturated rings. The smallest absolute Gasteiger partial charge is 0.405 e. The summed E-state index contributed by atoms with van der Waals surface area (Å²) in [5.74, 6) is -0.907. The van der Waals surface area contributed by atoms with E-state index in [1.54, 1.807) is 13.8 Å². The number of benzene rings is 1. The zero-order chi connectivity index (χ0) is 15.3. The van der Waals surface area contributed by atoms with Crippen molar-refractivity contribution in [3.05, 3.63) is 29.8 Å². The Morgan fingerprint density at radius 1 is 1.30 bits per heavy atom. The van der Waals surface area contributed by atoms with Gasteiger partial charge in [-0.1, -0.05) is 18.2 Å². The number of hydrogen-bond donors (Lipinski definition) is 0. The van der Waals surface area contributed by atoms with Gasteiger partial charge in [-0.05, 0) is 19.9 Å². The molecule has 1 amide bonds. The third-order valence-corrected chi connectivity index (χ3v) is 3.13. The molecule has 1 aromatic rings. The van der Waals surface area contributed by atoms with Crippen LogP contribution in [0.1, 0.15) is 24.8 Å². The maximum atomic E-state index is 12.3. The highest BCUT2D eigenvalue weighted by Gasteiger charge is 2.34. The summed E-state index contributed by atoms with van der Waals surface area (Å²) in [6, 6.07) is 5.37. The van der Waals surface area contributed by atoms with Crippen LogP contribution in [-0.4, -0.2) is 30.3 Å². The van der Waals surface area contributed by atoms with Gasteiger partial charge in [0.15, 0.2) is 0 Å². The second kappa shape index (κ2) is 6.83. The quantitative estimate of drug-likeness (QED) is 0.776. The van der Waals surface area contributed by atoms with Gasteiger partial charge in [0.05, 0.1) is 0 Å². The Balaban J connectivity index is 3.04. The highest BCUT2D eigenvalue weighted by Crippen LogP contribution is 2.34. The summed E-state index contributed by atoms with van der Waals surface area (Å²) in [6.45, 7) is 4.40. The molecule has 112 valence electrons. The first-order chi connectivity index (χ1) is 9.30. The SMILES string of the molecule is CCN(CC)C(=O)C(Cl)c1ccccc1OC(F)(F)F. The zero-order valence-corrected chi connectivity index (χ0v) is 11.8. The Morgan fingerprint density at radius 3 is 2.35 bits per heavy atom. The van der Waals surface area contributed by atoms with E-state index in [2.05, 4.69) is 4.74 Å². The van der Waals surface area contributed by atoms with Crippen LogP contribution in [0.25, 0.3) is 0 Å². The molecular formula is C13H15ClF3NO2. The standard InChI is InChI=1S/C13H15ClF3NO2/c1-3-18(4-2)12(19)11(14)9-7-5-6-8-10(9)20-13(15,16)17/h5-8,11H,3-4H2,1-2H3. The third kappa shape index (κ3) is 4.30. The van der Waals surface area contributed by atoms with Crippen molar-refractivity contribution in [2.24, 2.45) is 0 Å². The summed E-state index contributed by atoms with van der Waals surface area (Å²) in [5.41, 5.74) is 0.00314. The van der Waals surface area contributed by atoms with E-state index in [0.717, 1.165) is 6.07 Å². The normalized spacial score (nSPS) is 12.9. The molecular weight excluding hydrogens is 295 g/mol. The van der Waals surface area contributed by atoms with Crippen LogP contribution in [-0.2, 0) is 4.79 Å². The van der Waals surface area contributed by atoms with Gasteiger partial charge in [-0.25, -0.2) is 0 Å². The molecule has 1 aromatic carbocycles. The lowest BCUT2D eigenvalue weighted by Gasteiger charge is -2.23. The first-order valence-electron chi connectivity index (χ1n) is 6.07. The van der Waals surface area contributed by atoms with Gasteiger partial charge >= 0.3 is 6.36 Å². The van der Waals surface area contributed by atoms with Crippen LogP contribution in [0.4, 0.5) is 13.2 Å². The van der Waals surface area contributed by atoms with E-state index in [0.29, 0.717) is 13.1 Å². The van der Waals surface area contributed by atoms with Crippen molar-refractivity contribution in [1.82, 2.24) is 4.90 Å². The molecule has 1 rings (SSSR count). The first-order valence-corrected chi connectivity index (χ1v) is 6.51. The van der Waals surface area contributed by atoms with Crippen LogP contribution in [0.5, 0.6) is 5.75 Å². The number of hydrogen-bond acceptors (Lipinski definition) is 2. The minimum atomic E-state index is -4.83. The molecule has 7 heteroatoms. The Hall–Kier alpha value is -1.43. The minimum Gasteiger partial charge on any atom is -0.405 e. The average molecular weight is 310 g/mol. The Morgan fingerprint density at radius 2 is 1.85 bits per heavy atom. The predicted molar refractivity (Wildman–Crippen MR) is 69.6 cm³/mol. The van der Waals surface area contributed by atoms with E-state index < -0.39 is 23.4 Å². The van der Waals surface area contributed by atoms with E-state index in [1.165, 1.54) is 23.1 Å². The summed E-state index contributed by atoms with van der Waals surface area (Å²) in [7, 11) is 0. The molecule has 0 aliphatic rings. The topological polar surface area (TPSA) is 29.5 Å². The molecule has 0 saturated carbocycles. The lowest BCUT2D eigenvalue weighted by molar-refractivity contribution is -0.274. The fraction of sp³-hybridized carbons (Fsp3) is 0.462. The van der Waals surface area contributed by atoms with E-state index in [-0.39, 0.29) is 5.56 Å². The molecule has 0 N–H and O–H groups in total. The molecule has 0 spiro atoms. The maximum absolute atomic E-state index is 12.3. The van der Waals surface area contributed by atoms with Crippen molar-refractivity contribution in [3.63, 3.8) is 0 Å². The lowest BCUT2D eigenvalue weighted by atomic mass is 10.1. The molecule has 20 heavy (non-hydrogen) atoms. The van der Waals surface area contributed by atoms with Gasteiger partial charge in [-0.3, -0.25) is 4.79 Å². The maximum Gasteiger partial charge on any atom is 0.573 e. The molecule has 0 heterocycles. The number of amides is 1. The van der Waals surface area contributed by atoms with E-state index in [4.69, 9.17) is 11.6 Å². The molecule has 0 saturated heterocycles. The molecule has 3 nitrogen and oxygen atoms in total. The summed E-state index contributed by atoms with van der Waals surface area (Å²) in [6.07, 6.45) is -4.83. The third-order valence-electron chi connectivity index (χ3n) is 2.71. The number of carbonyl (C=O) groups is 1. The van der Waals surface area contributed by atoms with E-state index in [1.807, 2.05) is 0 Å². The second-order valence-electron chi connectivity index (χ2n) is 3.96. The second-order valence-corrected chi connectivity index (χ2v) is 4.40. The van der Waals surface area contributed by atoms with Crippen molar-refractivity contribution < 1.29 is 22.7 Å². The highest BCUT2D eigenvalue weighted by atomic mass is 35.5. The van der Waals surface area contributed by atoms with Gasteiger partial charge in [-0.15, -0.1) is 24.8 Å². The fourth-order valence-corrected chi connectivity index (χ4v) is 2.05. The van der Waals surface area contributed by atoms with E-state index in [9.17, 15) is 18.0 Å².